The first-order valence-electron chi connectivity index (χ1n) is 2.96. The molecule has 0 aromatic carbocycles. The van der Waals surface area contributed by atoms with Gasteiger partial charge in [-0.1, -0.05) is 12.7 Å². The van der Waals surface area contributed by atoms with Crippen molar-refractivity contribution in [2.45, 2.75) is 13.3 Å². The van der Waals surface area contributed by atoms with Gasteiger partial charge >= 0.3 is 0 Å². The van der Waals surface area contributed by atoms with E-state index in [0.29, 0.717) is 0 Å². The van der Waals surface area contributed by atoms with Gasteiger partial charge in [-0.15, -0.1) is 7.55 Å². The van der Waals surface area contributed by atoms with Crippen molar-refractivity contribution in [1.29, 1.82) is 0 Å². The highest BCUT2D eigenvalue weighted by Gasteiger charge is 2.04. The summed E-state index contributed by atoms with van der Waals surface area (Å²) in [6.45, 7) is 4.72. The molecule has 0 nitrogen and oxygen atoms in total. The second-order valence-electron chi connectivity index (χ2n) is 2.53. The first-order valence-corrected chi connectivity index (χ1v) is 5.25. The van der Waals surface area contributed by atoms with E-state index in [4.69, 9.17) is 0 Å². The molecule has 1 aliphatic rings. The number of rotatable bonds is 0. The smallest absolute Gasteiger partial charge is 0.0257 e. The molecule has 0 radical (unpaired) electrons. The highest BCUT2D eigenvalue weighted by atomic mass is 31.1. The van der Waals surface area contributed by atoms with E-state index in [-0.39, 0.29) is 7.55 Å². The van der Waals surface area contributed by atoms with Crippen molar-refractivity contribution < 1.29 is 0 Å². The Bertz CT molecular complexity index is 94.4. The molecule has 2 unspecified atom stereocenters. The van der Waals surface area contributed by atoms with Crippen LogP contribution in [0.15, 0.2) is 0 Å². The molecular formula is C6H13P. The van der Waals surface area contributed by atoms with E-state index in [0.717, 1.165) is 5.92 Å². The Morgan fingerprint density at radius 2 is 2.43 bits per heavy atom. The molecular weight excluding hydrogens is 103 g/mol. The molecule has 0 amide bonds. The van der Waals surface area contributed by atoms with Crippen LogP contribution in [0.4, 0.5) is 0 Å². The highest BCUT2D eigenvalue weighted by molar-refractivity contribution is 7.56. The van der Waals surface area contributed by atoms with Gasteiger partial charge in [-0.2, -0.15) is 0 Å². The van der Waals surface area contributed by atoms with Crippen LogP contribution in [-0.4, -0.2) is 18.6 Å². The van der Waals surface area contributed by atoms with E-state index in [1.54, 1.807) is 0 Å². The van der Waals surface area contributed by atoms with E-state index >= 15 is 0 Å². The van der Waals surface area contributed by atoms with Crippen LogP contribution in [0.1, 0.15) is 13.3 Å². The fourth-order valence-electron chi connectivity index (χ4n) is 1.11. The normalized spacial score (nSPS) is 40.9. The molecule has 0 bridgehead atoms. The van der Waals surface area contributed by atoms with Gasteiger partial charge in [0.15, 0.2) is 0 Å². The molecule has 0 aliphatic carbocycles. The summed E-state index contributed by atoms with van der Waals surface area (Å²) in [5, 5.41) is 0. The average Bonchev–Trinajstić information content (AvgIpc) is 1.87. The molecule has 1 aliphatic heterocycles. The van der Waals surface area contributed by atoms with Gasteiger partial charge in [0.2, 0.25) is 0 Å². The van der Waals surface area contributed by atoms with E-state index < -0.39 is 0 Å². The summed E-state index contributed by atoms with van der Waals surface area (Å²) in [6, 6.07) is 0. The lowest BCUT2D eigenvalue weighted by Crippen LogP contribution is -1.85. The van der Waals surface area contributed by atoms with Gasteiger partial charge in [0.05, 0.1) is 0 Å². The number of hydrogen-bond donors (Lipinski definition) is 0. The zero-order chi connectivity index (χ0) is 5.28. The Kier molecular flexibility index (Phi) is 1.59. The average molecular weight is 116 g/mol. The second-order valence-corrected chi connectivity index (χ2v) is 5.06. The maximum atomic E-state index is 2.55. The molecule has 1 rings (SSSR count). The summed E-state index contributed by atoms with van der Waals surface area (Å²) >= 11 is 0. The largest absolute Gasteiger partial charge is 0.124 e. The van der Waals surface area contributed by atoms with Crippen LogP contribution in [0.2, 0.25) is 0 Å². The minimum Gasteiger partial charge on any atom is -0.124 e. The molecule has 0 aromatic rings. The molecule has 1 heterocycles. The van der Waals surface area contributed by atoms with Gasteiger partial charge in [0, 0.05) is 0 Å². The van der Waals surface area contributed by atoms with Crippen molar-refractivity contribution in [3.8, 4) is 0 Å². The topological polar surface area (TPSA) is 0 Å². The third-order valence-corrected chi connectivity index (χ3v) is 3.78. The lowest BCUT2D eigenvalue weighted by atomic mass is 10.2. The van der Waals surface area contributed by atoms with Crippen molar-refractivity contribution in [3.05, 3.63) is 0 Å². The maximum Gasteiger partial charge on any atom is -0.0257 e. The van der Waals surface area contributed by atoms with Crippen molar-refractivity contribution in [1.82, 2.24) is 0 Å². The molecule has 0 saturated heterocycles. The Labute approximate surface area is 46.3 Å². The lowest BCUT2D eigenvalue weighted by Gasteiger charge is -1.89. The standard InChI is InChI=1S/C6H13P/c1-6-3-4-7(2)5-6/h5-7H,3-4H2,1-2H3. The van der Waals surface area contributed by atoms with Crippen LogP contribution >= 0.6 is 7.55 Å². The third kappa shape index (κ3) is 1.35. The van der Waals surface area contributed by atoms with Gasteiger partial charge in [0.25, 0.3) is 0 Å². The predicted molar refractivity (Wildman–Crippen MR) is 39.0 cm³/mol. The molecule has 42 valence electrons. The van der Waals surface area contributed by atoms with Crippen molar-refractivity contribution in [2.24, 2.45) is 5.92 Å². The number of hydrogen-bond acceptors (Lipinski definition) is 0. The second kappa shape index (κ2) is 2.05. The van der Waals surface area contributed by atoms with Crippen LogP contribution < -0.4 is 0 Å². The van der Waals surface area contributed by atoms with Crippen LogP contribution in [0.5, 0.6) is 0 Å². The zero-order valence-electron chi connectivity index (χ0n) is 5.07. The van der Waals surface area contributed by atoms with Crippen LogP contribution in [0, 0.1) is 5.92 Å². The quantitative estimate of drug-likeness (QED) is 0.422. The third-order valence-electron chi connectivity index (χ3n) is 1.56. The van der Waals surface area contributed by atoms with Gasteiger partial charge < -0.3 is 0 Å². The lowest BCUT2D eigenvalue weighted by molar-refractivity contribution is 0.781. The summed E-state index contributed by atoms with van der Waals surface area (Å²) in [7, 11) is 0.0692. The molecule has 0 aromatic heterocycles. The minimum absolute atomic E-state index is 0.0692. The monoisotopic (exact) mass is 116 g/mol. The Morgan fingerprint density at radius 3 is 2.57 bits per heavy atom. The summed E-state index contributed by atoms with van der Waals surface area (Å²) in [5.74, 6) is 3.49. The first-order chi connectivity index (χ1) is 3.29. The maximum absolute atomic E-state index is 2.55. The molecule has 1 heteroatoms. The van der Waals surface area contributed by atoms with E-state index in [2.05, 4.69) is 19.4 Å². The zero-order valence-corrected chi connectivity index (χ0v) is 6.07. The fraction of sp³-hybridized carbons (Fsp3) is 0.833. The SMILES string of the molecule is CC1C=[PH](C)CC1. The van der Waals surface area contributed by atoms with E-state index in [1.165, 1.54) is 12.6 Å². The summed E-state index contributed by atoms with van der Waals surface area (Å²) < 4.78 is 0. The minimum atomic E-state index is 0.0692. The molecule has 0 fully saturated rings. The fourth-order valence-corrected chi connectivity index (χ4v) is 3.32. The highest BCUT2D eigenvalue weighted by Crippen LogP contribution is 2.28. The van der Waals surface area contributed by atoms with Gasteiger partial charge in [0.1, 0.15) is 0 Å². The predicted octanol–water partition coefficient (Wildman–Crippen LogP) is 1.67. The van der Waals surface area contributed by atoms with Gasteiger partial charge in [-0.3, -0.25) is 0 Å². The van der Waals surface area contributed by atoms with Crippen molar-refractivity contribution in [2.75, 3.05) is 12.8 Å². The Morgan fingerprint density at radius 1 is 1.71 bits per heavy atom. The molecule has 2 atom stereocenters. The van der Waals surface area contributed by atoms with Crippen LogP contribution in [0.25, 0.3) is 0 Å². The molecule has 0 saturated carbocycles. The Hall–Kier alpha value is 0.300. The Balaban J connectivity index is 2.50. The molecule has 0 N–H and O–H groups in total. The molecule has 0 spiro atoms. The molecule has 7 heavy (non-hydrogen) atoms. The summed E-state index contributed by atoms with van der Waals surface area (Å²) in [4.78, 5) is 0. The van der Waals surface area contributed by atoms with E-state index in [1.807, 2.05) is 0 Å². The summed E-state index contributed by atoms with van der Waals surface area (Å²) in [5.41, 5.74) is 0. The van der Waals surface area contributed by atoms with Crippen LogP contribution in [0.3, 0.4) is 0 Å². The van der Waals surface area contributed by atoms with Gasteiger partial charge in [-0.25, -0.2) is 0 Å². The van der Waals surface area contributed by atoms with Crippen molar-refractivity contribution >= 4 is 13.3 Å². The van der Waals surface area contributed by atoms with Crippen molar-refractivity contribution in [3.63, 3.8) is 0 Å². The first kappa shape index (κ1) is 5.44. The van der Waals surface area contributed by atoms with Gasteiger partial charge in [-0.05, 0) is 25.2 Å². The van der Waals surface area contributed by atoms with Crippen LogP contribution in [-0.2, 0) is 0 Å². The summed E-state index contributed by atoms with van der Waals surface area (Å²) in [6.07, 6.45) is 2.98. The van der Waals surface area contributed by atoms with E-state index in [9.17, 15) is 0 Å².